The Morgan fingerprint density at radius 3 is 2.83 bits per heavy atom. The molecule has 0 saturated carbocycles. The summed E-state index contributed by atoms with van der Waals surface area (Å²) in [4.78, 5) is 20.9. The molecule has 0 saturated heterocycles. The van der Waals surface area contributed by atoms with Gasteiger partial charge in [-0.2, -0.15) is 0 Å². The molecular formula is C14H11ClN2O. The van der Waals surface area contributed by atoms with Gasteiger partial charge >= 0.3 is 0 Å². The van der Waals surface area contributed by atoms with Crippen LogP contribution in [-0.4, -0.2) is 15.8 Å². The van der Waals surface area contributed by atoms with Gasteiger partial charge in [0.2, 0.25) is 0 Å². The first kappa shape index (κ1) is 11.4. The third-order valence-corrected chi connectivity index (χ3v) is 3.57. The third-order valence-electron chi connectivity index (χ3n) is 3.27. The van der Waals surface area contributed by atoms with Gasteiger partial charge in [0.1, 0.15) is 5.69 Å². The summed E-state index contributed by atoms with van der Waals surface area (Å²) < 4.78 is 0. The molecule has 1 unspecified atom stereocenters. The van der Waals surface area contributed by atoms with Crippen LogP contribution in [0.2, 0.25) is 5.02 Å². The number of nitrogens with zero attached hydrogens (tertiary/aromatic N) is 2. The van der Waals surface area contributed by atoms with E-state index in [-0.39, 0.29) is 11.7 Å². The van der Waals surface area contributed by atoms with Crippen LogP contribution >= 0.6 is 11.6 Å². The number of Topliss-reactive ketones (excluding diaryl/α,β-unsaturated/α-hetero) is 1. The number of hydrogen-bond acceptors (Lipinski definition) is 3. The number of hydrogen-bond donors (Lipinski definition) is 0. The van der Waals surface area contributed by atoms with E-state index in [1.807, 2.05) is 12.1 Å². The fraction of sp³-hybridized carbons (Fsp3) is 0.214. The number of pyridine rings is 2. The minimum atomic E-state index is -0.200. The fourth-order valence-corrected chi connectivity index (χ4v) is 2.61. The number of halogens is 1. The number of rotatable bonds is 2. The van der Waals surface area contributed by atoms with E-state index in [4.69, 9.17) is 11.6 Å². The molecule has 3 rings (SSSR count). The van der Waals surface area contributed by atoms with Crippen LogP contribution in [0.1, 0.15) is 34.1 Å². The van der Waals surface area contributed by atoms with Crippen LogP contribution in [0.4, 0.5) is 0 Å². The second kappa shape index (κ2) is 4.50. The number of carbonyl (C=O) groups excluding carboxylic acids is 1. The summed E-state index contributed by atoms with van der Waals surface area (Å²) >= 11 is 6.02. The highest BCUT2D eigenvalue weighted by Crippen LogP contribution is 2.34. The van der Waals surface area contributed by atoms with Crippen molar-refractivity contribution in [3.63, 3.8) is 0 Å². The Morgan fingerprint density at radius 1 is 1.22 bits per heavy atom. The lowest BCUT2D eigenvalue weighted by molar-refractivity contribution is 0.0953. The minimum absolute atomic E-state index is 0.0296. The molecule has 2 aromatic heterocycles. The van der Waals surface area contributed by atoms with Crippen molar-refractivity contribution < 1.29 is 4.79 Å². The Morgan fingerprint density at radius 2 is 2.00 bits per heavy atom. The third kappa shape index (κ3) is 1.81. The first-order valence-electron chi connectivity index (χ1n) is 5.86. The smallest absolute Gasteiger partial charge is 0.191 e. The van der Waals surface area contributed by atoms with Gasteiger partial charge in [-0.05, 0) is 36.6 Å². The molecule has 2 aromatic rings. The van der Waals surface area contributed by atoms with E-state index in [0.717, 1.165) is 24.1 Å². The maximum atomic E-state index is 12.4. The van der Waals surface area contributed by atoms with Gasteiger partial charge in [0.15, 0.2) is 5.78 Å². The molecule has 0 N–H and O–H groups in total. The standard InChI is InChI=1S/C14H11ClN2O/c15-11-4-2-8-17-13(11)14(18)10-6-5-9-3-1-7-16-12(9)10/h1-4,7-8,10H,5-6H2. The average Bonchev–Trinajstić information content (AvgIpc) is 2.82. The van der Waals surface area contributed by atoms with E-state index in [2.05, 4.69) is 9.97 Å². The van der Waals surface area contributed by atoms with Gasteiger partial charge in [-0.25, -0.2) is 0 Å². The lowest BCUT2D eigenvalue weighted by Gasteiger charge is -2.09. The van der Waals surface area contributed by atoms with Gasteiger partial charge in [-0.15, -0.1) is 0 Å². The van der Waals surface area contributed by atoms with Crippen molar-refractivity contribution >= 4 is 17.4 Å². The monoisotopic (exact) mass is 258 g/mol. The lowest BCUT2D eigenvalue weighted by Crippen LogP contribution is -2.13. The molecule has 90 valence electrons. The Bertz CT molecular complexity index is 612. The molecule has 0 aliphatic heterocycles. The molecule has 0 bridgehead atoms. The van der Waals surface area contributed by atoms with E-state index in [1.54, 1.807) is 24.5 Å². The number of fused-ring (bicyclic) bond motifs is 1. The van der Waals surface area contributed by atoms with Crippen LogP contribution in [0, 0.1) is 0 Å². The maximum Gasteiger partial charge on any atom is 0.191 e. The normalized spacial score (nSPS) is 17.5. The average molecular weight is 259 g/mol. The zero-order valence-corrected chi connectivity index (χ0v) is 10.4. The highest BCUT2D eigenvalue weighted by atomic mass is 35.5. The summed E-state index contributed by atoms with van der Waals surface area (Å²) in [6.45, 7) is 0. The predicted octanol–water partition coefficient (Wildman–Crippen LogP) is 3.04. The van der Waals surface area contributed by atoms with Crippen molar-refractivity contribution in [1.29, 1.82) is 0 Å². The predicted molar refractivity (Wildman–Crippen MR) is 68.9 cm³/mol. The SMILES string of the molecule is O=C(c1ncccc1Cl)C1CCc2cccnc21. The molecule has 18 heavy (non-hydrogen) atoms. The molecule has 4 heteroatoms. The quantitative estimate of drug-likeness (QED) is 0.778. The number of ketones is 1. The molecule has 0 fully saturated rings. The number of aryl methyl sites for hydroxylation is 1. The van der Waals surface area contributed by atoms with Crippen LogP contribution in [-0.2, 0) is 6.42 Å². The summed E-state index contributed by atoms with van der Waals surface area (Å²) in [6.07, 6.45) is 5.00. The van der Waals surface area contributed by atoms with Crippen molar-refractivity contribution in [2.75, 3.05) is 0 Å². The summed E-state index contributed by atoms with van der Waals surface area (Å²) in [5.41, 5.74) is 2.38. The van der Waals surface area contributed by atoms with Crippen molar-refractivity contribution in [2.45, 2.75) is 18.8 Å². The fourth-order valence-electron chi connectivity index (χ4n) is 2.40. The Labute approximate surface area is 110 Å². The highest BCUT2D eigenvalue weighted by molar-refractivity contribution is 6.33. The van der Waals surface area contributed by atoms with Gasteiger partial charge in [0.05, 0.1) is 16.6 Å². The van der Waals surface area contributed by atoms with E-state index >= 15 is 0 Å². The zero-order valence-electron chi connectivity index (χ0n) is 9.64. The molecule has 0 spiro atoms. The first-order chi connectivity index (χ1) is 8.77. The van der Waals surface area contributed by atoms with Gasteiger partial charge < -0.3 is 0 Å². The van der Waals surface area contributed by atoms with E-state index < -0.39 is 0 Å². The van der Waals surface area contributed by atoms with Crippen LogP contribution in [0.3, 0.4) is 0 Å². The second-order valence-corrected chi connectivity index (χ2v) is 4.74. The molecule has 3 nitrogen and oxygen atoms in total. The van der Waals surface area contributed by atoms with E-state index in [1.165, 1.54) is 0 Å². The Kier molecular flexibility index (Phi) is 2.84. The molecule has 0 aromatic carbocycles. The molecule has 1 atom stereocenters. The molecule has 1 aliphatic carbocycles. The summed E-state index contributed by atoms with van der Waals surface area (Å²) in [7, 11) is 0. The Hall–Kier alpha value is -1.74. The number of aromatic nitrogens is 2. The summed E-state index contributed by atoms with van der Waals surface area (Å²) in [5.74, 6) is -0.230. The van der Waals surface area contributed by atoms with Crippen molar-refractivity contribution in [2.24, 2.45) is 0 Å². The Balaban J connectivity index is 1.99. The maximum absolute atomic E-state index is 12.4. The highest BCUT2D eigenvalue weighted by Gasteiger charge is 2.31. The van der Waals surface area contributed by atoms with Gasteiger partial charge in [0, 0.05) is 12.4 Å². The second-order valence-electron chi connectivity index (χ2n) is 4.34. The summed E-state index contributed by atoms with van der Waals surface area (Å²) in [6, 6.07) is 7.34. The molecule has 1 aliphatic rings. The van der Waals surface area contributed by atoms with Crippen molar-refractivity contribution in [3.8, 4) is 0 Å². The first-order valence-corrected chi connectivity index (χ1v) is 6.23. The lowest BCUT2D eigenvalue weighted by atomic mass is 9.98. The van der Waals surface area contributed by atoms with Crippen LogP contribution in [0.25, 0.3) is 0 Å². The molecule has 0 radical (unpaired) electrons. The van der Waals surface area contributed by atoms with Gasteiger partial charge in [-0.3, -0.25) is 14.8 Å². The van der Waals surface area contributed by atoms with Crippen LogP contribution < -0.4 is 0 Å². The zero-order chi connectivity index (χ0) is 12.5. The van der Waals surface area contributed by atoms with Crippen LogP contribution in [0.5, 0.6) is 0 Å². The largest absolute Gasteiger partial charge is 0.292 e. The topological polar surface area (TPSA) is 42.9 Å². The minimum Gasteiger partial charge on any atom is -0.292 e. The molecular weight excluding hydrogens is 248 g/mol. The van der Waals surface area contributed by atoms with Gasteiger partial charge in [0.25, 0.3) is 0 Å². The van der Waals surface area contributed by atoms with E-state index in [9.17, 15) is 4.79 Å². The van der Waals surface area contributed by atoms with Crippen LogP contribution in [0.15, 0.2) is 36.7 Å². The number of carbonyl (C=O) groups is 1. The van der Waals surface area contributed by atoms with Crippen molar-refractivity contribution in [1.82, 2.24) is 9.97 Å². The van der Waals surface area contributed by atoms with Gasteiger partial charge in [-0.1, -0.05) is 17.7 Å². The molecule has 0 amide bonds. The van der Waals surface area contributed by atoms with E-state index in [0.29, 0.717) is 10.7 Å². The summed E-state index contributed by atoms with van der Waals surface area (Å²) in [5, 5.41) is 0.409. The molecule has 2 heterocycles. The van der Waals surface area contributed by atoms with Crippen molar-refractivity contribution in [3.05, 3.63) is 58.6 Å².